The number of nitrogens with one attached hydrogen (secondary N) is 1. The van der Waals surface area contributed by atoms with Crippen molar-refractivity contribution in [3.05, 3.63) is 70.3 Å². The van der Waals surface area contributed by atoms with Crippen molar-refractivity contribution in [2.45, 2.75) is 20.4 Å². The van der Waals surface area contributed by atoms with Gasteiger partial charge in [-0.1, -0.05) is 29.8 Å². The molecular formula is C20H19ClN4O2. The van der Waals surface area contributed by atoms with Crippen LogP contribution >= 0.6 is 11.6 Å². The molecule has 0 radical (unpaired) electrons. The van der Waals surface area contributed by atoms with E-state index in [0.717, 1.165) is 28.2 Å². The van der Waals surface area contributed by atoms with E-state index in [-0.39, 0.29) is 5.91 Å². The number of amides is 1. The lowest BCUT2D eigenvalue weighted by molar-refractivity contribution is 0.101. The van der Waals surface area contributed by atoms with Gasteiger partial charge in [-0.2, -0.15) is 5.10 Å². The molecule has 0 unspecified atom stereocenters. The number of aryl methyl sites for hydroxylation is 2. The highest BCUT2D eigenvalue weighted by Gasteiger charge is 2.20. The largest absolute Gasteiger partial charge is 0.463 e. The normalized spacial score (nSPS) is 11.3. The zero-order valence-electron chi connectivity index (χ0n) is 15.3. The van der Waals surface area contributed by atoms with E-state index in [4.69, 9.17) is 16.0 Å². The van der Waals surface area contributed by atoms with Crippen LogP contribution in [0.4, 0.5) is 5.69 Å². The maximum absolute atomic E-state index is 13.0. The third-order valence-corrected chi connectivity index (χ3v) is 5.16. The predicted octanol–water partition coefficient (Wildman–Crippen LogP) is 4.54. The SMILES string of the molecule is Cc1nn(C)c(C)c1NC(=O)c1cc2occc2n1Cc1ccccc1Cl. The number of carbonyl (C=O) groups is 1. The quantitative estimate of drug-likeness (QED) is 0.563. The molecule has 6 nitrogen and oxygen atoms in total. The summed E-state index contributed by atoms with van der Waals surface area (Å²) in [5, 5.41) is 8.00. The van der Waals surface area contributed by atoms with Gasteiger partial charge in [0.2, 0.25) is 0 Å². The number of anilines is 1. The first-order valence-corrected chi connectivity index (χ1v) is 8.95. The van der Waals surface area contributed by atoms with Crippen molar-refractivity contribution in [1.82, 2.24) is 14.3 Å². The summed E-state index contributed by atoms with van der Waals surface area (Å²) in [6.07, 6.45) is 1.62. The molecule has 4 aromatic rings. The van der Waals surface area contributed by atoms with E-state index < -0.39 is 0 Å². The summed E-state index contributed by atoms with van der Waals surface area (Å²) in [4.78, 5) is 13.0. The molecule has 0 saturated heterocycles. The summed E-state index contributed by atoms with van der Waals surface area (Å²) in [7, 11) is 1.85. The average Bonchev–Trinajstić information content (AvgIpc) is 3.28. The van der Waals surface area contributed by atoms with Crippen molar-refractivity contribution in [1.29, 1.82) is 0 Å². The Kier molecular flexibility index (Phi) is 4.28. The Morgan fingerprint density at radius 2 is 2.04 bits per heavy atom. The summed E-state index contributed by atoms with van der Waals surface area (Å²) in [5.41, 5.74) is 5.34. The molecule has 0 atom stereocenters. The van der Waals surface area contributed by atoms with Crippen molar-refractivity contribution in [3.63, 3.8) is 0 Å². The molecule has 0 fully saturated rings. The van der Waals surface area contributed by atoms with Crippen LogP contribution in [0.2, 0.25) is 5.02 Å². The summed E-state index contributed by atoms with van der Waals surface area (Å²) in [6, 6.07) is 11.2. The minimum absolute atomic E-state index is 0.215. The number of carbonyl (C=O) groups excluding carboxylic acids is 1. The summed E-state index contributed by atoms with van der Waals surface area (Å²) < 4.78 is 9.17. The lowest BCUT2D eigenvalue weighted by Gasteiger charge is -2.12. The van der Waals surface area contributed by atoms with Crippen LogP contribution in [-0.2, 0) is 13.6 Å². The van der Waals surface area contributed by atoms with Crippen LogP contribution < -0.4 is 5.32 Å². The fourth-order valence-electron chi connectivity index (χ4n) is 3.26. The number of nitrogens with zero attached hydrogens (tertiary/aromatic N) is 3. The molecule has 0 aliphatic carbocycles. The van der Waals surface area contributed by atoms with Gasteiger partial charge >= 0.3 is 0 Å². The van der Waals surface area contributed by atoms with Crippen LogP contribution in [0, 0.1) is 13.8 Å². The third kappa shape index (κ3) is 3.02. The second kappa shape index (κ2) is 6.63. The Bertz CT molecular complexity index is 1150. The van der Waals surface area contributed by atoms with E-state index in [1.165, 1.54) is 0 Å². The van der Waals surface area contributed by atoms with E-state index in [1.807, 2.05) is 55.8 Å². The number of fused-ring (bicyclic) bond motifs is 1. The second-order valence-corrected chi connectivity index (χ2v) is 6.91. The standard InChI is InChI=1S/C20H19ClN4O2/c1-12-19(13(2)24(3)23-12)22-20(26)17-10-18-16(8-9-27-18)25(17)11-14-6-4-5-7-15(14)21/h4-10H,11H2,1-3H3,(H,22,26). The van der Waals surface area contributed by atoms with Gasteiger partial charge in [-0.05, 0) is 25.5 Å². The molecule has 27 heavy (non-hydrogen) atoms. The molecule has 0 bridgehead atoms. The van der Waals surface area contributed by atoms with E-state index in [0.29, 0.717) is 22.8 Å². The van der Waals surface area contributed by atoms with E-state index in [2.05, 4.69) is 10.4 Å². The summed E-state index contributed by atoms with van der Waals surface area (Å²) in [6.45, 7) is 4.26. The van der Waals surface area contributed by atoms with Gasteiger partial charge in [-0.25, -0.2) is 0 Å². The van der Waals surface area contributed by atoms with Crippen molar-refractivity contribution in [2.24, 2.45) is 7.05 Å². The highest BCUT2D eigenvalue weighted by molar-refractivity contribution is 6.31. The fourth-order valence-corrected chi connectivity index (χ4v) is 3.46. The minimum atomic E-state index is -0.215. The lowest BCUT2D eigenvalue weighted by atomic mass is 10.2. The first-order chi connectivity index (χ1) is 13.0. The number of hydrogen-bond acceptors (Lipinski definition) is 3. The smallest absolute Gasteiger partial charge is 0.272 e. The van der Waals surface area contributed by atoms with Gasteiger partial charge in [0.15, 0.2) is 5.58 Å². The van der Waals surface area contributed by atoms with Gasteiger partial charge in [0, 0.05) is 30.7 Å². The topological polar surface area (TPSA) is 65.0 Å². The summed E-state index contributed by atoms with van der Waals surface area (Å²) >= 11 is 6.32. The zero-order valence-corrected chi connectivity index (χ0v) is 16.0. The predicted molar refractivity (Wildman–Crippen MR) is 105 cm³/mol. The van der Waals surface area contributed by atoms with Crippen LogP contribution in [0.5, 0.6) is 0 Å². The Hall–Kier alpha value is -2.99. The molecule has 0 saturated carbocycles. The van der Waals surface area contributed by atoms with Crippen LogP contribution in [0.15, 0.2) is 47.1 Å². The first-order valence-electron chi connectivity index (χ1n) is 8.57. The number of benzene rings is 1. The van der Waals surface area contributed by atoms with Crippen molar-refractivity contribution in [2.75, 3.05) is 5.32 Å². The molecule has 3 aromatic heterocycles. The van der Waals surface area contributed by atoms with E-state index in [9.17, 15) is 4.79 Å². The van der Waals surface area contributed by atoms with Crippen molar-refractivity contribution in [3.8, 4) is 0 Å². The van der Waals surface area contributed by atoms with Gasteiger partial charge in [0.05, 0.1) is 28.9 Å². The molecule has 0 aliphatic heterocycles. The van der Waals surface area contributed by atoms with E-state index >= 15 is 0 Å². The van der Waals surface area contributed by atoms with Crippen LogP contribution in [0.25, 0.3) is 11.1 Å². The monoisotopic (exact) mass is 382 g/mol. The highest BCUT2D eigenvalue weighted by atomic mass is 35.5. The average molecular weight is 383 g/mol. The molecule has 0 spiro atoms. The molecule has 3 heterocycles. The Morgan fingerprint density at radius 1 is 1.26 bits per heavy atom. The fraction of sp³-hybridized carbons (Fsp3) is 0.200. The maximum Gasteiger partial charge on any atom is 0.272 e. The summed E-state index contributed by atoms with van der Waals surface area (Å²) in [5.74, 6) is -0.215. The van der Waals surface area contributed by atoms with Gasteiger partial charge in [0.1, 0.15) is 5.69 Å². The molecular weight excluding hydrogens is 364 g/mol. The van der Waals surface area contributed by atoms with Gasteiger partial charge < -0.3 is 14.3 Å². The molecule has 1 amide bonds. The molecule has 138 valence electrons. The Balaban J connectivity index is 1.74. The number of hydrogen-bond donors (Lipinski definition) is 1. The number of furan rings is 1. The molecule has 1 N–H and O–H groups in total. The lowest BCUT2D eigenvalue weighted by Crippen LogP contribution is -2.18. The van der Waals surface area contributed by atoms with Crippen LogP contribution in [0.3, 0.4) is 0 Å². The second-order valence-electron chi connectivity index (χ2n) is 6.50. The van der Waals surface area contributed by atoms with Crippen LogP contribution in [-0.4, -0.2) is 20.3 Å². The van der Waals surface area contributed by atoms with Crippen molar-refractivity contribution >= 4 is 34.3 Å². The third-order valence-electron chi connectivity index (χ3n) is 4.79. The number of aromatic nitrogens is 3. The van der Waals surface area contributed by atoms with Crippen molar-refractivity contribution < 1.29 is 9.21 Å². The Labute approximate surface area is 161 Å². The highest BCUT2D eigenvalue weighted by Crippen LogP contribution is 2.26. The molecule has 1 aromatic carbocycles. The zero-order chi connectivity index (χ0) is 19.1. The molecule has 0 aliphatic rings. The van der Waals surface area contributed by atoms with Gasteiger partial charge in [-0.3, -0.25) is 9.48 Å². The molecule has 4 rings (SSSR count). The minimum Gasteiger partial charge on any atom is -0.463 e. The first kappa shape index (κ1) is 17.4. The maximum atomic E-state index is 13.0. The molecule has 7 heteroatoms. The number of rotatable bonds is 4. The Morgan fingerprint density at radius 3 is 2.74 bits per heavy atom. The van der Waals surface area contributed by atoms with Crippen LogP contribution in [0.1, 0.15) is 27.4 Å². The van der Waals surface area contributed by atoms with Gasteiger partial charge in [-0.15, -0.1) is 0 Å². The van der Waals surface area contributed by atoms with Gasteiger partial charge in [0.25, 0.3) is 5.91 Å². The van der Waals surface area contributed by atoms with E-state index in [1.54, 1.807) is 17.0 Å². The number of halogens is 1.